The number of benzene rings is 1. The Hall–Kier alpha value is -1.75. The fourth-order valence-electron chi connectivity index (χ4n) is 3.12. The van der Waals surface area contributed by atoms with Crippen molar-refractivity contribution in [3.8, 4) is 11.5 Å². The summed E-state index contributed by atoms with van der Waals surface area (Å²) in [4.78, 5) is 14.3. The summed E-state index contributed by atoms with van der Waals surface area (Å²) in [6, 6.07) is 6.24. The number of likely N-dealkylation sites (N-methyl/N-ethyl adjacent to an activating group) is 1. The molecule has 0 atom stereocenters. The third-order valence-electron chi connectivity index (χ3n) is 4.53. The van der Waals surface area contributed by atoms with Crippen LogP contribution in [0.3, 0.4) is 0 Å². The van der Waals surface area contributed by atoms with Crippen LogP contribution in [0.1, 0.15) is 37.7 Å². The number of nitrogens with zero attached hydrogens (tertiary/aromatic N) is 1. The summed E-state index contributed by atoms with van der Waals surface area (Å²) in [6.07, 6.45) is 6.30. The molecule has 0 saturated heterocycles. The lowest BCUT2D eigenvalue weighted by Crippen LogP contribution is -2.41. The molecule has 0 radical (unpaired) electrons. The van der Waals surface area contributed by atoms with E-state index in [9.17, 15) is 4.79 Å². The summed E-state index contributed by atoms with van der Waals surface area (Å²) in [7, 11) is 5.27. The Labute approximate surface area is 139 Å². The number of nitrogens with one attached hydrogen (secondary N) is 1. The van der Waals surface area contributed by atoms with Crippen LogP contribution in [0.25, 0.3) is 0 Å². The molecule has 1 fully saturated rings. The lowest BCUT2D eigenvalue weighted by Gasteiger charge is -2.30. The van der Waals surface area contributed by atoms with Crippen LogP contribution in [0.2, 0.25) is 0 Å². The third kappa shape index (κ3) is 5.13. The highest BCUT2D eigenvalue weighted by Gasteiger charge is 2.19. The number of carbonyl (C=O) groups is 1. The van der Waals surface area contributed by atoms with Gasteiger partial charge in [0.1, 0.15) is 0 Å². The molecule has 1 amide bonds. The Morgan fingerprint density at radius 2 is 1.87 bits per heavy atom. The van der Waals surface area contributed by atoms with Gasteiger partial charge in [0.2, 0.25) is 5.91 Å². The highest BCUT2D eigenvalue weighted by Crippen LogP contribution is 2.27. The van der Waals surface area contributed by atoms with Crippen LogP contribution in [0.5, 0.6) is 11.5 Å². The number of rotatable bonds is 7. The lowest BCUT2D eigenvalue weighted by atomic mass is 9.94. The second-order valence-corrected chi connectivity index (χ2v) is 6.17. The number of carbonyl (C=O) groups excluding carboxylic acids is 1. The molecule has 5 nitrogen and oxygen atoms in total. The third-order valence-corrected chi connectivity index (χ3v) is 4.53. The van der Waals surface area contributed by atoms with E-state index in [1.165, 1.54) is 32.1 Å². The molecule has 0 aromatic heterocycles. The zero-order valence-corrected chi connectivity index (χ0v) is 14.4. The van der Waals surface area contributed by atoms with E-state index in [2.05, 4.69) is 10.2 Å². The van der Waals surface area contributed by atoms with Crippen molar-refractivity contribution in [3.05, 3.63) is 23.8 Å². The molecule has 0 aliphatic heterocycles. The molecule has 0 bridgehead atoms. The molecule has 1 N–H and O–H groups in total. The lowest BCUT2D eigenvalue weighted by molar-refractivity contribution is -0.122. The standard InChI is InChI=1S/C18H28N2O3/c1-20(15-7-5-4-6-8-15)13-18(21)19-12-14-9-10-16(22-2)17(11-14)23-3/h9-11,15H,4-8,12-13H2,1-3H3,(H,19,21). The maximum Gasteiger partial charge on any atom is 0.234 e. The molecule has 128 valence electrons. The van der Waals surface area contributed by atoms with Gasteiger partial charge in [-0.3, -0.25) is 9.69 Å². The molecule has 0 heterocycles. The second-order valence-electron chi connectivity index (χ2n) is 6.17. The molecule has 0 unspecified atom stereocenters. The predicted molar refractivity (Wildman–Crippen MR) is 90.9 cm³/mol. The molecule has 23 heavy (non-hydrogen) atoms. The van der Waals surface area contributed by atoms with Crippen LogP contribution in [0, 0.1) is 0 Å². The fourth-order valence-corrected chi connectivity index (χ4v) is 3.12. The Morgan fingerprint density at radius 1 is 1.17 bits per heavy atom. The van der Waals surface area contributed by atoms with Crippen LogP contribution in [0.4, 0.5) is 0 Å². The van der Waals surface area contributed by atoms with E-state index in [1.54, 1.807) is 14.2 Å². The first kappa shape index (κ1) is 17.6. The first-order valence-electron chi connectivity index (χ1n) is 8.32. The summed E-state index contributed by atoms with van der Waals surface area (Å²) in [5, 5.41) is 2.98. The van der Waals surface area contributed by atoms with Gasteiger partial charge < -0.3 is 14.8 Å². The first-order chi connectivity index (χ1) is 11.1. The smallest absolute Gasteiger partial charge is 0.234 e. The van der Waals surface area contributed by atoms with Crippen LogP contribution in [-0.4, -0.2) is 44.7 Å². The molecule has 0 spiro atoms. The zero-order chi connectivity index (χ0) is 16.7. The molecule has 1 aromatic rings. The molecule has 1 saturated carbocycles. The normalized spacial score (nSPS) is 15.5. The van der Waals surface area contributed by atoms with E-state index in [1.807, 2.05) is 25.2 Å². The second kappa shape index (κ2) is 8.77. The number of amides is 1. The van der Waals surface area contributed by atoms with Crippen molar-refractivity contribution in [1.29, 1.82) is 0 Å². The van der Waals surface area contributed by atoms with E-state index in [-0.39, 0.29) is 5.91 Å². The summed E-state index contributed by atoms with van der Waals surface area (Å²) >= 11 is 0. The minimum atomic E-state index is 0.0628. The molecule has 1 aromatic carbocycles. The quantitative estimate of drug-likeness (QED) is 0.839. The summed E-state index contributed by atoms with van der Waals surface area (Å²) in [6.45, 7) is 0.954. The van der Waals surface area contributed by atoms with Gasteiger partial charge in [0.15, 0.2) is 11.5 Å². The largest absolute Gasteiger partial charge is 0.493 e. The van der Waals surface area contributed by atoms with Gasteiger partial charge in [-0.15, -0.1) is 0 Å². The van der Waals surface area contributed by atoms with Gasteiger partial charge in [-0.1, -0.05) is 25.3 Å². The van der Waals surface area contributed by atoms with Gasteiger partial charge in [0.25, 0.3) is 0 Å². The first-order valence-corrected chi connectivity index (χ1v) is 8.32. The minimum absolute atomic E-state index is 0.0628. The Kier molecular flexibility index (Phi) is 6.71. The molecule has 1 aliphatic carbocycles. The molecule has 1 aliphatic rings. The highest BCUT2D eigenvalue weighted by molar-refractivity contribution is 5.78. The van der Waals surface area contributed by atoms with Crippen molar-refractivity contribution in [2.24, 2.45) is 0 Å². The van der Waals surface area contributed by atoms with Crippen LogP contribution in [-0.2, 0) is 11.3 Å². The Morgan fingerprint density at radius 3 is 2.52 bits per heavy atom. The van der Waals surface area contributed by atoms with Gasteiger partial charge in [0, 0.05) is 12.6 Å². The summed E-state index contributed by atoms with van der Waals surface area (Å²) in [5.74, 6) is 1.44. The van der Waals surface area contributed by atoms with E-state index in [0.29, 0.717) is 30.6 Å². The topological polar surface area (TPSA) is 50.8 Å². The van der Waals surface area contributed by atoms with Crippen LogP contribution < -0.4 is 14.8 Å². The zero-order valence-electron chi connectivity index (χ0n) is 14.4. The minimum Gasteiger partial charge on any atom is -0.493 e. The van der Waals surface area contributed by atoms with Crippen LogP contribution >= 0.6 is 0 Å². The van der Waals surface area contributed by atoms with Crippen molar-refractivity contribution < 1.29 is 14.3 Å². The van der Waals surface area contributed by atoms with Crippen molar-refractivity contribution in [2.45, 2.75) is 44.7 Å². The summed E-state index contributed by atoms with van der Waals surface area (Å²) in [5.41, 5.74) is 0.997. The van der Waals surface area contributed by atoms with Crippen molar-refractivity contribution in [2.75, 3.05) is 27.8 Å². The Bertz CT molecular complexity index is 513. The van der Waals surface area contributed by atoms with Crippen molar-refractivity contribution in [1.82, 2.24) is 10.2 Å². The van der Waals surface area contributed by atoms with Gasteiger partial charge >= 0.3 is 0 Å². The van der Waals surface area contributed by atoms with Gasteiger partial charge in [-0.2, -0.15) is 0 Å². The predicted octanol–water partition coefficient (Wildman–Crippen LogP) is 2.58. The molecular weight excluding hydrogens is 292 g/mol. The van der Waals surface area contributed by atoms with E-state index >= 15 is 0 Å². The summed E-state index contributed by atoms with van der Waals surface area (Å²) < 4.78 is 10.5. The van der Waals surface area contributed by atoms with E-state index in [0.717, 1.165) is 5.56 Å². The Balaban J connectivity index is 1.81. The maximum absolute atomic E-state index is 12.1. The monoisotopic (exact) mass is 320 g/mol. The number of methoxy groups -OCH3 is 2. The highest BCUT2D eigenvalue weighted by atomic mass is 16.5. The number of hydrogen-bond donors (Lipinski definition) is 1. The van der Waals surface area contributed by atoms with E-state index in [4.69, 9.17) is 9.47 Å². The van der Waals surface area contributed by atoms with Gasteiger partial charge in [0.05, 0.1) is 20.8 Å². The number of hydrogen-bond acceptors (Lipinski definition) is 4. The fraction of sp³-hybridized carbons (Fsp3) is 0.611. The van der Waals surface area contributed by atoms with Crippen molar-refractivity contribution in [3.63, 3.8) is 0 Å². The van der Waals surface area contributed by atoms with E-state index < -0.39 is 0 Å². The maximum atomic E-state index is 12.1. The number of ether oxygens (including phenoxy) is 2. The molecule has 5 heteroatoms. The average Bonchev–Trinajstić information content (AvgIpc) is 2.60. The average molecular weight is 320 g/mol. The SMILES string of the molecule is COc1ccc(CNC(=O)CN(C)C2CCCCC2)cc1OC. The molecular formula is C18H28N2O3. The van der Waals surface area contributed by atoms with Gasteiger partial charge in [-0.25, -0.2) is 0 Å². The van der Waals surface area contributed by atoms with Crippen molar-refractivity contribution >= 4 is 5.91 Å². The van der Waals surface area contributed by atoms with Gasteiger partial charge in [-0.05, 0) is 37.6 Å². The van der Waals surface area contributed by atoms with Crippen LogP contribution in [0.15, 0.2) is 18.2 Å². The molecule has 2 rings (SSSR count).